The number of likely N-dealkylation sites (N-methyl/N-ethyl adjacent to an activating group) is 1. The smallest absolute Gasteiger partial charge is 0.234 e. The van der Waals surface area contributed by atoms with Crippen molar-refractivity contribution in [2.24, 2.45) is 0 Å². The highest BCUT2D eigenvalue weighted by Crippen LogP contribution is 2.20. The van der Waals surface area contributed by atoms with Gasteiger partial charge in [0.2, 0.25) is 11.8 Å². The Hall–Kier alpha value is -2.19. The van der Waals surface area contributed by atoms with E-state index in [1.165, 1.54) is 0 Å². The first kappa shape index (κ1) is 17.6. The second kappa shape index (κ2) is 7.37. The second-order valence-corrected chi connectivity index (χ2v) is 8.55. The van der Waals surface area contributed by atoms with Gasteiger partial charge in [-0.05, 0) is 13.5 Å². The van der Waals surface area contributed by atoms with Crippen LogP contribution in [0, 0.1) is 0 Å². The summed E-state index contributed by atoms with van der Waals surface area (Å²) in [5.41, 5.74) is 0.948. The van der Waals surface area contributed by atoms with Crippen LogP contribution in [-0.2, 0) is 21.2 Å². The van der Waals surface area contributed by atoms with E-state index in [2.05, 4.69) is 10.3 Å². The average Bonchev–Trinajstić information content (AvgIpc) is 3.14. The summed E-state index contributed by atoms with van der Waals surface area (Å²) in [7, 11) is -1.21. The average molecular weight is 363 g/mol. The summed E-state index contributed by atoms with van der Waals surface area (Å²) >= 11 is 0. The Labute approximate surface area is 147 Å². The summed E-state index contributed by atoms with van der Waals surface area (Å²) < 4.78 is 28.6. The lowest BCUT2D eigenvalue weighted by molar-refractivity contribution is -0.122. The van der Waals surface area contributed by atoms with Gasteiger partial charge >= 0.3 is 0 Å². The lowest BCUT2D eigenvalue weighted by Crippen LogP contribution is -2.41. The molecule has 1 saturated heterocycles. The molecule has 1 aromatic carbocycles. The van der Waals surface area contributed by atoms with Gasteiger partial charge in [0.05, 0.1) is 30.8 Å². The summed E-state index contributed by atoms with van der Waals surface area (Å²) in [4.78, 5) is 18.1. The molecule has 134 valence electrons. The summed E-state index contributed by atoms with van der Waals surface area (Å²) in [5.74, 6) is 1.19. The number of amides is 1. The van der Waals surface area contributed by atoms with Crippen LogP contribution < -0.4 is 5.32 Å². The van der Waals surface area contributed by atoms with Crippen LogP contribution in [0.15, 0.2) is 40.9 Å². The third kappa shape index (κ3) is 4.90. The van der Waals surface area contributed by atoms with Crippen molar-refractivity contribution in [3.63, 3.8) is 0 Å². The van der Waals surface area contributed by atoms with E-state index in [0.717, 1.165) is 5.56 Å². The van der Waals surface area contributed by atoms with Crippen LogP contribution in [-0.4, -0.2) is 55.3 Å². The van der Waals surface area contributed by atoms with E-state index in [-0.39, 0.29) is 30.0 Å². The number of benzene rings is 1. The maximum Gasteiger partial charge on any atom is 0.234 e. The van der Waals surface area contributed by atoms with Crippen LogP contribution in [0.2, 0.25) is 0 Å². The minimum atomic E-state index is -3.00. The number of oxazole rings is 1. The van der Waals surface area contributed by atoms with Crippen molar-refractivity contribution in [2.75, 3.05) is 25.1 Å². The number of rotatable bonds is 6. The molecular formula is C17H21N3O4S. The highest BCUT2D eigenvalue weighted by Gasteiger charge is 2.29. The second-order valence-electron chi connectivity index (χ2n) is 6.32. The Morgan fingerprint density at radius 2 is 2.12 bits per heavy atom. The minimum absolute atomic E-state index is 0.0304. The lowest BCUT2D eigenvalue weighted by atomic mass is 10.2. The van der Waals surface area contributed by atoms with E-state index >= 15 is 0 Å². The van der Waals surface area contributed by atoms with E-state index in [9.17, 15) is 13.2 Å². The molecule has 3 rings (SSSR count). The number of nitrogens with one attached hydrogen (secondary N) is 1. The first-order valence-electron chi connectivity index (χ1n) is 8.10. The molecule has 0 radical (unpaired) electrons. The number of carbonyl (C=O) groups excluding carboxylic acids is 1. The molecule has 2 heterocycles. The first-order chi connectivity index (χ1) is 11.9. The first-order valence-corrected chi connectivity index (χ1v) is 9.92. The largest absolute Gasteiger partial charge is 0.439 e. The fourth-order valence-corrected chi connectivity index (χ4v) is 4.51. The molecule has 7 nitrogen and oxygen atoms in total. The van der Waals surface area contributed by atoms with Crippen LogP contribution in [0.1, 0.15) is 12.3 Å². The monoisotopic (exact) mass is 363 g/mol. The van der Waals surface area contributed by atoms with Crippen LogP contribution in [0.4, 0.5) is 0 Å². The van der Waals surface area contributed by atoms with Crippen molar-refractivity contribution in [3.8, 4) is 11.3 Å². The molecule has 0 bridgehead atoms. The topological polar surface area (TPSA) is 92.5 Å². The van der Waals surface area contributed by atoms with E-state index in [1.54, 1.807) is 18.1 Å². The van der Waals surface area contributed by atoms with E-state index < -0.39 is 9.84 Å². The van der Waals surface area contributed by atoms with Crippen molar-refractivity contribution in [1.82, 2.24) is 15.2 Å². The number of aromatic nitrogens is 1. The molecule has 1 aromatic heterocycles. The summed E-state index contributed by atoms with van der Waals surface area (Å²) in [6, 6.07) is 9.39. The number of nitrogens with zero attached hydrogens (tertiary/aromatic N) is 2. The number of hydrogen-bond acceptors (Lipinski definition) is 6. The molecule has 1 N–H and O–H groups in total. The van der Waals surface area contributed by atoms with Crippen LogP contribution in [0.3, 0.4) is 0 Å². The van der Waals surface area contributed by atoms with Crippen molar-refractivity contribution < 1.29 is 17.6 Å². The Bertz CT molecular complexity index is 833. The van der Waals surface area contributed by atoms with Gasteiger partial charge in [-0.25, -0.2) is 13.4 Å². The SMILES string of the molecule is CN(CC(=O)N[C@H]1CCS(=O)(=O)C1)Cc1ncc(-c2ccccc2)o1. The highest BCUT2D eigenvalue weighted by atomic mass is 32.2. The molecular weight excluding hydrogens is 342 g/mol. The molecule has 0 unspecified atom stereocenters. The zero-order chi connectivity index (χ0) is 17.9. The number of hydrogen-bond donors (Lipinski definition) is 1. The van der Waals surface area contributed by atoms with Gasteiger partial charge in [-0.2, -0.15) is 0 Å². The van der Waals surface area contributed by atoms with Gasteiger partial charge in [0.15, 0.2) is 15.6 Å². The fourth-order valence-electron chi connectivity index (χ4n) is 2.83. The van der Waals surface area contributed by atoms with Gasteiger partial charge < -0.3 is 9.73 Å². The van der Waals surface area contributed by atoms with Gasteiger partial charge in [0.1, 0.15) is 0 Å². The molecule has 1 amide bonds. The molecule has 0 aliphatic carbocycles. The molecule has 1 fully saturated rings. The quantitative estimate of drug-likeness (QED) is 0.825. The van der Waals surface area contributed by atoms with Crippen molar-refractivity contribution in [1.29, 1.82) is 0 Å². The van der Waals surface area contributed by atoms with Crippen LogP contribution in [0.25, 0.3) is 11.3 Å². The van der Waals surface area contributed by atoms with Gasteiger partial charge in [0, 0.05) is 11.6 Å². The lowest BCUT2D eigenvalue weighted by Gasteiger charge is -2.16. The molecule has 0 saturated carbocycles. The maximum atomic E-state index is 12.0. The Balaban J connectivity index is 1.50. The molecule has 25 heavy (non-hydrogen) atoms. The molecule has 2 aromatic rings. The summed E-state index contributed by atoms with van der Waals surface area (Å²) in [6.45, 7) is 0.544. The van der Waals surface area contributed by atoms with E-state index in [4.69, 9.17) is 4.42 Å². The van der Waals surface area contributed by atoms with Crippen LogP contribution >= 0.6 is 0 Å². The molecule has 1 aliphatic rings. The van der Waals surface area contributed by atoms with Gasteiger partial charge in [-0.3, -0.25) is 9.69 Å². The van der Waals surface area contributed by atoms with Gasteiger partial charge in [-0.15, -0.1) is 0 Å². The molecule has 0 spiro atoms. The zero-order valence-electron chi connectivity index (χ0n) is 14.0. The standard InChI is InChI=1S/C17H21N3O4S/c1-20(10-16(21)19-14-7-8-25(22,23)12-14)11-17-18-9-15(24-17)13-5-3-2-4-6-13/h2-6,9,14H,7-8,10-12H2,1H3,(H,19,21)/t14-/m0/s1. The third-order valence-corrected chi connectivity index (χ3v) is 5.80. The zero-order valence-corrected chi connectivity index (χ0v) is 14.8. The predicted molar refractivity (Wildman–Crippen MR) is 93.5 cm³/mol. The van der Waals surface area contributed by atoms with Gasteiger partial charge in [0.25, 0.3) is 0 Å². The summed E-state index contributed by atoms with van der Waals surface area (Å²) in [5, 5.41) is 2.77. The normalized spacial score (nSPS) is 19.2. The highest BCUT2D eigenvalue weighted by molar-refractivity contribution is 7.91. The maximum absolute atomic E-state index is 12.0. The van der Waals surface area contributed by atoms with Crippen molar-refractivity contribution >= 4 is 15.7 Å². The fraction of sp³-hybridized carbons (Fsp3) is 0.412. The predicted octanol–water partition coefficient (Wildman–Crippen LogP) is 1.08. The Morgan fingerprint density at radius 1 is 1.36 bits per heavy atom. The minimum Gasteiger partial charge on any atom is -0.439 e. The molecule has 1 atom stereocenters. The molecule has 8 heteroatoms. The van der Waals surface area contributed by atoms with E-state index in [0.29, 0.717) is 24.6 Å². The Kier molecular flexibility index (Phi) is 5.19. The number of carbonyl (C=O) groups is 1. The van der Waals surface area contributed by atoms with E-state index in [1.807, 2.05) is 30.3 Å². The number of sulfone groups is 1. The Morgan fingerprint density at radius 3 is 2.80 bits per heavy atom. The van der Waals surface area contributed by atoms with Gasteiger partial charge in [-0.1, -0.05) is 30.3 Å². The molecule has 1 aliphatic heterocycles. The third-order valence-electron chi connectivity index (χ3n) is 4.03. The van der Waals surface area contributed by atoms with Crippen LogP contribution in [0.5, 0.6) is 0 Å². The van der Waals surface area contributed by atoms with Crippen molar-refractivity contribution in [2.45, 2.75) is 19.0 Å². The van der Waals surface area contributed by atoms with Crippen molar-refractivity contribution in [3.05, 3.63) is 42.4 Å². The summed E-state index contributed by atoms with van der Waals surface area (Å²) in [6.07, 6.45) is 2.15.